The molecule has 24 heavy (non-hydrogen) atoms. The van der Waals surface area contributed by atoms with E-state index in [-0.39, 0.29) is 18.9 Å². The number of carbonyl (C=O) groups is 2. The monoisotopic (exact) mass is 335 g/mol. The van der Waals surface area contributed by atoms with E-state index in [0.29, 0.717) is 19.6 Å². The molecule has 0 aliphatic carbocycles. The lowest BCUT2D eigenvalue weighted by Crippen LogP contribution is -2.54. The summed E-state index contributed by atoms with van der Waals surface area (Å²) in [5, 5.41) is 20.6. The zero-order chi connectivity index (χ0) is 17.9. The average Bonchev–Trinajstić information content (AvgIpc) is 2.54. The van der Waals surface area contributed by atoms with Crippen molar-refractivity contribution >= 4 is 11.9 Å². The van der Waals surface area contributed by atoms with Crippen molar-refractivity contribution in [2.75, 3.05) is 38.5 Å². The van der Waals surface area contributed by atoms with Crippen LogP contribution in [0.1, 0.15) is 27.3 Å². The third-order valence-corrected chi connectivity index (χ3v) is 3.57. The maximum atomic E-state index is 12.6. The largest absolute Gasteiger partial charge is 0.502 e. The number of aromatic nitrogens is 1. The first kappa shape index (κ1) is 17.4. The van der Waals surface area contributed by atoms with Gasteiger partial charge in [0.15, 0.2) is 11.4 Å². The van der Waals surface area contributed by atoms with Gasteiger partial charge in [-0.1, -0.05) is 5.92 Å². The minimum atomic E-state index is -1.50. The number of terminal acetylenes is 1. The molecule has 0 saturated heterocycles. The molecule has 0 fully saturated rings. The summed E-state index contributed by atoms with van der Waals surface area (Å²) in [5.74, 6) is -0.582. The molecule has 128 valence electrons. The van der Waals surface area contributed by atoms with E-state index in [1.165, 1.54) is 17.0 Å². The van der Waals surface area contributed by atoms with E-state index in [2.05, 4.69) is 5.92 Å². The highest BCUT2D eigenvalue weighted by Gasteiger charge is 2.33. The van der Waals surface area contributed by atoms with Crippen LogP contribution in [0.5, 0.6) is 5.75 Å². The summed E-state index contributed by atoms with van der Waals surface area (Å²) in [5.41, 5.74) is -2.05. The van der Waals surface area contributed by atoms with Crippen molar-refractivity contribution in [1.82, 2.24) is 9.58 Å². The van der Waals surface area contributed by atoms with Crippen LogP contribution >= 0.6 is 0 Å². The smallest absolute Gasteiger partial charge is 0.341 e. The number of amides is 1. The Balaban J connectivity index is 2.52. The van der Waals surface area contributed by atoms with E-state index in [0.717, 1.165) is 10.9 Å². The number of hydrogen-bond donors (Lipinski definition) is 2. The number of carboxylic acids is 1. The molecule has 0 atom stereocenters. The number of carbonyl (C=O) groups excluding carboxylic acids is 1. The lowest BCUT2D eigenvalue weighted by molar-refractivity contribution is 0.0654. The molecule has 0 spiro atoms. The van der Waals surface area contributed by atoms with Gasteiger partial charge in [0.2, 0.25) is 5.43 Å². The molecule has 0 aromatic carbocycles. The van der Waals surface area contributed by atoms with Crippen LogP contribution < -0.4 is 10.4 Å². The Bertz CT molecular complexity index is 764. The van der Waals surface area contributed by atoms with Crippen molar-refractivity contribution in [2.24, 2.45) is 0 Å². The van der Waals surface area contributed by atoms with Gasteiger partial charge >= 0.3 is 5.97 Å². The molecule has 9 nitrogen and oxygen atoms in total. The van der Waals surface area contributed by atoms with Gasteiger partial charge in [-0.2, -0.15) is 0 Å². The van der Waals surface area contributed by atoms with Gasteiger partial charge in [0.05, 0.1) is 6.54 Å². The van der Waals surface area contributed by atoms with Crippen LogP contribution in [0.2, 0.25) is 0 Å². The first-order chi connectivity index (χ1) is 11.4. The second kappa shape index (κ2) is 7.06. The number of fused-ring (bicyclic) bond motifs is 1. The van der Waals surface area contributed by atoms with E-state index in [1.807, 2.05) is 0 Å². The summed E-state index contributed by atoms with van der Waals surface area (Å²) in [6.45, 7) is 0.932. The highest BCUT2D eigenvalue weighted by Crippen LogP contribution is 2.21. The molecule has 0 bridgehead atoms. The van der Waals surface area contributed by atoms with Gasteiger partial charge in [-0.05, 0) is 6.42 Å². The summed E-state index contributed by atoms with van der Waals surface area (Å²) in [6.07, 6.45) is 6.88. The number of ether oxygens (including phenoxy) is 1. The van der Waals surface area contributed by atoms with Crippen LogP contribution in [0.15, 0.2) is 11.0 Å². The predicted octanol–water partition coefficient (Wildman–Crippen LogP) is -0.727. The SMILES string of the molecule is C#CCN1CN(CCCOC)C(=O)c2c(O)c(=O)c(C(=O)O)cn21. The van der Waals surface area contributed by atoms with Crippen molar-refractivity contribution in [1.29, 1.82) is 0 Å². The van der Waals surface area contributed by atoms with Gasteiger partial charge in [-0.3, -0.25) is 19.3 Å². The molecule has 0 saturated carbocycles. The minimum Gasteiger partial charge on any atom is -0.502 e. The van der Waals surface area contributed by atoms with Gasteiger partial charge < -0.3 is 19.8 Å². The third kappa shape index (κ3) is 3.04. The molecule has 1 aromatic heterocycles. The van der Waals surface area contributed by atoms with Gasteiger partial charge in [0.25, 0.3) is 5.91 Å². The second-order valence-corrected chi connectivity index (χ2v) is 5.14. The Morgan fingerprint density at radius 3 is 2.75 bits per heavy atom. The van der Waals surface area contributed by atoms with Crippen molar-refractivity contribution < 1.29 is 24.5 Å². The number of aromatic hydroxyl groups is 1. The number of aromatic carboxylic acids is 1. The van der Waals surface area contributed by atoms with E-state index >= 15 is 0 Å². The average molecular weight is 335 g/mol. The molecule has 2 heterocycles. The number of pyridine rings is 1. The summed E-state index contributed by atoms with van der Waals surface area (Å²) >= 11 is 0. The summed E-state index contributed by atoms with van der Waals surface area (Å²) in [4.78, 5) is 37.1. The number of rotatable bonds is 6. The zero-order valence-electron chi connectivity index (χ0n) is 13.1. The number of methoxy groups -OCH3 is 1. The van der Waals surface area contributed by atoms with Crippen LogP contribution in [-0.2, 0) is 4.74 Å². The van der Waals surface area contributed by atoms with E-state index in [4.69, 9.17) is 16.3 Å². The van der Waals surface area contributed by atoms with E-state index in [1.54, 1.807) is 0 Å². The number of hydrogen-bond acceptors (Lipinski definition) is 6. The van der Waals surface area contributed by atoms with Gasteiger partial charge in [0, 0.05) is 26.5 Å². The van der Waals surface area contributed by atoms with Gasteiger partial charge in [-0.25, -0.2) is 4.79 Å². The topological polar surface area (TPSA) is 112 Å². The normalized spacial score (nSPS) is 13.6. The third-order valence-electron chi connectivity index (χ3n) is 3.57. The van der Waals surface area contributed by atoms with Crippen LogP contribution in [-0.4, -0.2) is 65.1 Å². The minimum absolute atomic E-state index is 0.0580. The molecule has 0 unspecified atom stereocenters. The van der Waals surface area contributed by atoms with Gasteiger partial charge in [-0.15, -0.1) is 6.42 Å². The quantitative estimate of drug-likeness (QED) is 0.521. The maximum Gasteiger partial charge on any atom is 0.341 e. The fourth-order valence-corrected chi connectivity index (χ4v) is 2.45. The Morgan fingerprint density at radius 2 is 2.17 bits per heavy atom. The molecule has 9 heteroatoms. The number of nitrogens with zero attached hydrogens (tertiary/aromatic N) is 3. The van der Waals surface area contributed by atoms with Crippen molar-refractivity contribution in [3.63, 3.8) is 0 Å². The Labute approximate surface area is 137 Å². The zero-order valence-corrected chi connectivity index (χ0v) is 13.1. The van der Waals surface area contributed by atoms with Crippen molar-refractivity contribution in [2.45, 2.75) is 6.42 Å². The van der Waals surface area contributed by atoms with Crippen LogP contribution in [0.4, 0.5) is 0 Å². The van der Waals surface area contributed by atoms with Crippen molar-refractivity contribution in [3.8, 4) is 18.1 Å². The molecular formula is C15H17N3O6. The first-order valence-electron chi connectivity index (χ1n) is 7.11. The molecule has 2 N–H and O–H groups in total. The van der Waals surface area contributed by atoms with Crippen molar-refractivity contribution in [3.05, 3.63) is 27.7 Å². The summed E-state index contributed by atoms with van der Waals surface area (Å²) < 4.78 is 6.08. The molecule has 1 aliphatic heterocycles. The Kier molecular flexibility index (Phi) is 5.11. The molecule has 0 radical (unpaired) electrons. The number of carboxylic acid groups (broad SMARTS) is 1. The first-order valence-corrected chi connectivity index (χ1v) is 7.11. The summed E-state index contributed by atoms with van der Waals surface area (Å²) in [6, 6.07) is 0. The predicted molar refractivity (Wildman–Crippen MR) is 83.6 cm³/mol. The summed E-state index contributed by atoms with van der Waals surface area (Å²) in [7, 11) is 1.54. The van der Waals surface area contributed by atoms with Crippen LogP contribution in [0, 0.1) is 12.3 Å². The fourth-order valence-electron chi connectivity index (χ4n) is 2.45. The van der Waals surface area contributed by atoms with E-state index in [9.17, 15) is 19.5 Å². The molecule has 1 amide bonds. The lowest BCUT2D eigenvalue weighted by Gasteiger charge is -2.38. The lowest BCUT2D eigenvalue weighted by atomic mass is 10.2. The Hall–Kier alpha value is -2.99. The second-order valence-electron chi connectivity index (χ2n) is 5.14. The highest BCUT2D eigenvalue weighted by atomic mass is 16.5. The molecular weight excluding hydrogens is 318 g/mol. The fraction of sp³-hybridized carbons (Fsp3) is 0.400. The standard InChI is InChI=1S/C15H17N3O6/c1-3-5-17-9-16(6-4-7-24-2)14(21)11-13(20)12(19)10(15(22)23)8-18(11)17/h1,8,20H,4-7,9H2,2H3,(H,22,23). The van der Waals surface area contributed by atoms with Crippen LogP contribution in [0.25, 0.3) is 0 Å². The molecule has 2 rings (SSSR count). The Morgan fingerprint density at radius 1 is 1.46 bits per heavy atom. The van der Waals surface area contributed by atoms with Gasteiger partial charge in [0.1, 0.15) is 12.2 Å². The maximum absolute atomic E-state index is 12.6. The molecule has 1 aromatic rings. The highest BCUT2D eigenvalue weighted by molar-refractivity contribution is 5.97. The van der Waals surface area contributed by atoms with E-state index < -0.39 is 28.6 Å². The molecule has 1 aliphatic rings. The van der Waals surface area contributed by atoms with Crippen LogP contribution in [0.3, 0.4) is 0 Å².